The van der Waals surface area contributed by atoms with Gasteiger partial charge in [0, 0.05) is 0 Å². The van der Waals surface area contributed by atoms with Crippen LogP contribution in [0.2, 0.25) is 11.5 Å². The third-order valence-corrected chi connectivity index (χ3v) is 8.65. The molecule has 0 aliphatic rings. The molecular formula is C13H20GeO. The normalized spacial score (nSPS) is 12.2. The number of rotatable bonds is 5. The van der Waals surface area contributed by atoms with Gasteiger partial charge in [0.15, 0.2) is 0 Å². The van der Waals surface area contributed by atoms with Crippen molar-refractivity contribution in [1.29, 1.82) is 0 Å². The van der Waals surface area contributed by atoms with E-state index in [9.17, 15) is 0 Å². The van der Waals surface area contributed by atoms with Gasteiger partial charge in [-0.3, -0.25) is 0 Å². The van der Waals surface area contributed by atoms with Crippen LogP contribution in [0.4, 0.5) is 0 Å². The third-order valence-electron chi connectivity index (χ3n) is 2.58. The molecule has 15 heavy (non-hydrogen) atoms. The number of unbranched alkanes of at least 4 members (excludes halogenated alkanes) is 1. The van der Waals surface area contributed by atoms with Crippen molar-refractivity contribution in [2.75, 3.05) is 6.61 Å². The topological polar surface area (TPSA) is 20.2 Å². The summed E-state index contributed by atoms with van der Waals surface area (Å²) >= 11 is -1.91. The molecule has 0 spiro atoms. The van der Waals surface area contributed by atoms with Crippen molar-refractivity contribution in [2.24, 2.45) is 0 Å². The summed E-state index contributed by atoms with van der Waals surface area (Å²) in [5.41, 5.74) is 0. The van der Waals surface area contributed by atoms with Crippen molar-refractivity contribution < 1.29 is 5.11 Å². The first-order valence-electron chi connectivity index (χ1n) is 5.51. The van der Waals surface area contributed by atoms with E-state index in [-0.39, 0.29) is 0 Å². The Balaban J connectivity index is 2.63. The van der Waals surface area contributed by atoms with E-state index >= 15 is 0 Å². The van der Waals surface area contributed by atoms with Crippen LogP contribution in [0.15, 0.2) is 41.3 Å². The van der Waals surface area contributed by atoms with Crippen LogP contribution in [-0.4, -0.2) is 25.0 Å². The molecule has 0 atom stereocenters. The molecule has 82 valence electrons. The van der Waals surface area contributed by atoms with E-state index in [1.807, 2.05) is 0 Å². The van der Waals surface area contributed by atoms with Crippen LogP contribution in [0.3, 0.4) is 0 Å². The molecule has 0 aliphatic carbocycles. The average Bonchev–Trinajstić information content (AvgIpc) is 2.26. The fourth-order valence-corrected chi connectivity index (χ4v) is 5.75. The molecule has 1 aromatic rings. The maximum atomic E-state index is 8.69. The van der Waals surface area contributed by atoms with E-state index in [1.165, 1.54) is 4.40 Å². The van der Waals surface area contributed by atoms with E-state index in [1.54, 1.807) is 0 Å². The second kappa shape index (κ2) is 6.13. The Hall–Kier alpha value is -0.537. The number of allylic oxidation sites excluding steroid dienone is 1. The van der Waals surface area contributed by atoms with Gasteiger partial charge in [0.05, 0.1) is 0 Å². The number of aliphatic hydroxyl groups is 1. The van der Waals surface area contributed by atoms with Crippen molar-refractivity contribution in [1.82, 2.24) is 0 Å². The van der Waals surface area contributed by atoms with Gasteiger partial charge >= 0.3 is 95.0 Å². The van der Waals surface area contributed by atoms with E-state index in [0.29, 0.717) is 6.61 Å². The van der Waals surface area contributed by atoms with Crippen molar-refractivity contribution in [2.45, 2.75) is 24.4 Å². The van der Waals surface area contributed by atoms with Gasteiger partial charge in [-0.1, -0.05) is 0 Å². The molecule has 0 radical (unpaired) electrons. The van der Waals surface area contributed by atoms with Crippen LogP contribution in [0, 0.1) is 0 Å². The summed E-state index contributed by atoms with van der Waals surface area (Å²) in [6, 6.07) is 10.8. The van der Waals surface area contributed by atoms with Crippen LogP contribution in [-0.2, 0) is 0 Å². The van der Waals surface area contributed by atoms with Gasteiger partial charge in [0.25, 0.3) is 0 Å². The van der Waals surface area contributed by atoms with Crippen molar-refractivity contribution >= 4 is 17.7 Å². The first-order chi connectivity index (χ1) is 7.17. The Kier molecular flexibility index (Phi) is 5.13. The van der Waals surface area contributed by atoms with Gasteiger partial charge in [-0.15, -0.1) is 0 Å². The Bertz CT molecular complexity index is 304. The summed E-state index contributed by atoms with van der Waals surface area (Å²) in [6.45, 7) is 0.295. The second-order valence-corrected chi connectivity index (χ2v) is 13.5. The molecule has 0 saturated carbocycles. The number of aliphatic hydroxyl groups excluding tert-OH is 1. The zero-order chi connectivity index (χ0) is 11.1. The minimum atomic E-state index is -1.91. The quantitative estimate of drug-likeness (QED) is 0.640. The Morgan fingerprint density at radius 1 is 1.20 bits per heavy atom. The zero-order valence-electron chi connectivity index (χ0n) is 9.61. The fourth-order valence-electron chi connectivity index (χ4n) is 1.55. The van der Waals surface area contributed by atoms with E-state index in [2.05, 4.69) is 52.8 Å². The molecule has 1 nitrogen and oxygen atoms in total. The van der Waals surface area contributed by atoms with Gasteiger partial charge in [-0.05, 0) is 0 Å². The Morgan fingerprint density at radius 3 is 2.47 bits per heavy atom. The summed E-state index contributed by atoms with van der Waals surface area (Å²) in [4.78, 5) is 2.41. The fraction of sp³-hybridized carbons (Fsp3) is 0.385. The molecule has 0 aromatic heterocycles. The number of hydrogen-bond acceptors (Lipinski definition) is 1. The van der Waals surface area contributed by atoms with Crippen LogP contribution in [0.1, 0.15) is 12.8 Å². The summed E-state index contributed by atoms with van der Waals surface area (Å²) in [6.07, 6.45) is 4.12. The molecule has 2 heteroatoms. The van der Waals surface area contributed by atoms with Crippen molar-refractivity contribution in [3.63, 3.8) is 0 Å². The Labute approximate surface area is 95.2 Å². The zero-order valence-corrected chi connectivity index (χ0v) is 11.7. The van der Waals surface area contributed by atoms with Crippen LogP contribution in [0.25, 0.3) is 0 Å². The molecule has 0 bridgehead atoms. The molecule has 0 heterocycles. The van der Waals surface area contributed by atoms with Crippen molar-refractivity contribution in [3.05, 3.63) is 41.3 Å². The van der Waals surface area contributed by atoms with Gasteiger partial charge in [0.2, 0.25) is 0 Å². The predicted molar refractivity (Wildman–Crippen MR) is 69.0 cm³/mol. The molecule has 1 aromatic carbocycles. The first kappa shape index (κ1) is 12.5. The molecule has 0 fully saturated rings. The summed E-state index contributed by atoms with van der Waals surface area (Å²) < 4.78 is 1.51. The molecule has 0 unspecified atom stereocenters. The molecular weight excluding hydrogens is 245 g/mol. The van der Waals surface area contributed by atoms with Gasteiger partial charge in [-0.2, -0.15) is 0 Å². The van der Waals surface area contributed by atoms with Gasteiger partial charge in [0.1, 0.15) is 0 Å². The van der Waals surface area contributed by atoms with Gasteiger partial charge < -0.3 is 0 Å². The monoisotopic (exact) mass is 266 g/mol. The van der Waals surface area contributed by atoms with Crippen molar-refractivity contribution in [3.8, 4) is 0 Å². The molecule has 0 amide bonds. The Morgan fingerprint density at radius 2 is 1.87 bits per heavy atom. The standard InChI is InChI=1S/C13H20GeO/c1-14(2,11-7-4-8-12-15)13-9-5-3-6-10-13/h3,5-7,9-11,15H,4,8,12H2,1-2H3/b11-7-. The van der Waals surface area contributed by atoms with Crippen LogP contribution < -0.4 is 4.40 Å². The molecule has 1 N–H and O–H groups in total. The van der Waals surface area contributed by atoms with E-state index in [0.717, 1.165) is 12.8 Å². The first-order valence-corrected chi connectivity index (χ1v) is 12.0. The van der Waals surface area contributed by atoms with Crippen LogP contribution >= 0.6 is 0 Å². The second-order valence-electron chi connectivity index (χ2n) is 4.36. The number of hydrogen-bond donors (Lipinski definition) is 1. The molecule has 0 saturated heterocycles. The minimum absolute atomic E-state index is 0.295. The average molecular weight is 265 g/mol. The summed E-state index contributed by atoms with van der Waals surface area (Å²) in [5, 5.41) is 8.69. The molecule has 0 aliphatic heterocycles. The molecule has 1 rings (SSSR count). The van der Waals surface area contributed by atoms with E-state index in [4.69, 9.17) is 5.11 Å². The van der Waals surface area contributed by atoms with Crippen LogP contribution in [0.5, 0.6) is 0 Å². The summed E-state index contributed by atoms with van der Waals surface area (Å²) in [5.74, 6) is 4.79. The predicted octanol–water partition coefficient (Wildman–Crippen LogP) is 2.47. The number of benzene rings is 1. The van der Waals surface area contributed by atoms with Gasteiger partial charge in [-0.25, -0.2) is 0 Å². The maximum absolute atomic E-state index is 8.69. The third kappa shape index (κ3) is 4.22. The summed E-state index contributed by atoms with van der Waals surface area (Å²) in [7, 11) is 0. The SMILES string of the molecule is [CH3][Ge]([CH3])(/[CH]=C\CCCO)[c]1ccccc1. The van der Waals surface area contributed by atoms with E-state index < -0.39 is 13.3 Å².